The second-order valence-corrected chi connectivity index (χ2v) is 14.0. The van der Waals surface area contributed by atoms with Crippen molar-refractivity contribution in [2.24, 2.45) is 4.99 Å². The molecular weight excluding hydrogens is 843 g/mol. The minimum atomic E-state index is -0.699. The SMILES string of the molecule is CCOc1ccc([C@@H]2C(C(=O)Nc3ccccc3)=C(C)N=c3s/c(=C\c4cc(I)c(OCc5ccc(F)cc5)c(I)c4)c(=O)n32)cc1. The Bertz CT molecular complexity index is 2140. The van der Waals surface area contributed by atoms with Crippen molar-refractivity contribution in [2.75, 3.05) is 11.9 Å². The minimum Gasteiger partial charge on any atom is -0.494 e. The molecule has 0 spiro atoms. The number of fused-ring (bicyclic) bond motifs is 1. The van der Waals surface area contributed by atoms with Gasteiger partial charge in [-0.25, -0.2) is 9.38 Å². The largest absolute Gasteiger partial charge is 0.494 e. The van der Waals surface area contributed by atoms with Gasteiger partial charge in [-0.05, 0) is 130 Å². The fourth-order valence-corrected chi connectivity index (χ4v) is 8.42. The number of hydrogen-bond donors (Lipinski definition) is 1. The van der Waals surface area contributed by atoms with Gasteiger partial charge in [0.25, 0.3) is 11.5 Å². The van der Waals surface area contributed by atoms with Crippen LogP contribution >= 0.6 is 56.5 Å². The number of carbonyl (C=O) groups excluding carboxylic acids is 1. The van der Waals surface area contributed by atoms with Crippen LogP contribution in [-0.2, 0) is 11.4 Å². The van der Waals surface area contributed by atoms with Gasteiger partial charge in [-0.1, -0.05) is 53.8 Å². The van der Waals surface area contributed by atoms with Crippen molar-refractivity contribution in [3.63, 3.8) is 0 Å². The van der Waals surface area contributed by atoms with Crippen LogP contribution in [0.2, 0.25) is 0 Å². The molecule has 1 aliphatic rings. The van der Waals surface area contributed by atoms with E-state index in [1.54, 1.807) is 23.6 Å². The van der Waals surface area contributed by atoms with Crippen LogP contribution in [0.25, 0.3) is 6.08 Å². The minimum absolute atomic E-state index is 0.244. The molecule has 0 aliphatic carbocycles. The summed E-state index contributed by atoms with van der Waals surface area (Å²) in [6.07, 6.45) is 1.84. The maximum atomic E-state index is 14.2. The fraction of sp³-hybridized carbons (Fsp3) is 0.139. The van der Waals surface area contributed by atoms with Gasteiger partial charge in [0.2, 0.25) is 0 Å². The number of para-hydroxylation sites is 1. The molecule has 4 aromatic carbocycles. The van der Waals surface area contributed by atoms with Crippen molar-refractivity contribution in [1.82, 2.24) is 4.57 Å². The zero-order chi connectivity index (χ0) is 33.1. The van der Waals surface area contributed by atoms with E-state index in [1.807, 2.05) is 79.7 Å². The van der Waals surface area contributed by atoms with Gasteiger partial charge in [0, 0.05) is 5.69 Å². The van der Waals surface area contributed by atoms with Gasteiger partial charge < -0.3 is 14.8 Å². The van der Waals surface area contributed by atoms with Gasteiger partial charge in [-0.3, -0.25) is 14.2 Å². The summed E-state index contributed by atoms with van der Waals surface area (Å²) in [6.45, 7) is 4.54. The Morgan fingerprint density at radius 3 is 2.34 bits per heavy atom. The third-order valence-corrected chi connectivity index (χ3v) is 10.0. The number of allylic oxidation sites excluding steroid dienone is 1. The lowest BCUT2D eigenvalue weighted by Gasteiger charge is -2.25. The normalized spacial score (nSPS) is 14.4. The van der Waals surface area contributed by atoms with Gasteiger partial charge in [0.05, 0.1) is 35.6 Å². The maximum absolute atomic E-state index is 14.2. The second kappa shape index (κ2) is 14.5. The van der Waals surface area contributed by atoms with Gasteiger partial charge >= 0.3 is 0 Å². The Balaban J connectivity index is 1.38. The van der Waals surface area contributed by atoms with Crippen LogP contribution in [0.1, 0.15) is 36.6 Å². The van der Waals surface area contributed by atoms with Crippen molar-refractivity contribution in [3.05, 3.63) is 152 Å². The topological polar surface area (TPSA) is 81.9 Å². The maximum Gasteiger partial charge on any atom is 0.271 e. The highest BCUT2D eigenvalue weighted by Gasteiger charge is 2.32. The third kappa shape index (κ3) is 7.36. The summed E-state index contributed by atoms with van der Waals surface area (Å²) in [7, 11) is 0. The molecule has 1 aliphatic heterocycles. The number of benzene rings is 4. The zero-order valence-corrected chi connectivity index (χ0v) is 30.4. The Hall–Kier alpha value is -3.82. The molecule has 238 valence electrons. The molecule has 7 nitrogen and oxygen atoms in total. The second-order valence-electron chi connectivity index (χ2n) is 10.6. The number of hydrogen-bond acceptors (Lipinski definition) is 6. The lowest BCUT2D eigenvalue weighted by Crippen LogP contribution is -2.40. The molecule has 0 saturated carbocycles. The van der Waals surface area contributed by atoms with Crippen molar-refractivity contribution in [3.8, 4) is 11.5 Å². The number of rotatable bonds is 9. The van der Waals surface area contributed by atoms with E-state index in [0.29, 0.717) is 51.0 Å². The van der Waals surface area contributed by atoms with Crippen molar-refractivity contribution in [1.29, 1.82) is 0 Å². The first-order valence-corrected chi connectivity index (χ1v) is 17.7. The Morgan fingerprint density at radius 1 is 1.00 bits per heavy atom. The van der Waals surface area contributed by atoms with E-state index >= 15 is 0 Å². The van der Waals surface area contributed by atoms with E-state index < -0.39 is 6.04 Å². The van der Waals surface area contributed by atoms with E-state index in [4.69, 9.17) is 14.5 Å². The molecule has 0 saturated heterocycles. The van der Waals surface area contributed by atoms with Crippen LogP contribution in [0.4, 0.5) is 10.1 Å². The first-order valence-electron chi connectivity index (χ1n) is 14.7. The Morgan fingerprint density at radius 2 is 1.68 bits per heavy atom. The molecule has 0 fully saturated rings. The van der Waals surface area contributed by atoms with Crippen LogP contribution < -0.4 is 29.7 Å². The lowest BCUT2D eigenvalue weighted by atomic mass is 9.95. The first kappa shape index (κ1) is 33.1. The molecule has 6 rings (SSSR count). The predicted octanol–water partition coefficient (Wildman–Crippen LogP) is 7.20. The number of carbonyl (C=O) groups is 1. The molecule has 1 atom stereocenters. The number of anilines is 1. The van der Waals surface area contributed by atoms with Gasteiger partial charge in [-0.2, -0.15) is 0 Å². The number of nitrogens with zero attached hydrogens (tertiary/aromatic N) is 2. The first-order chi connectivity index (χ1) is 22.7. The summed E-state index contributed by atoms with van der Waals surface area (Å²) in [5, 5.41) is 2.98. The standard InChI is InChI=1S/C36H28FI2N3O4S/c1-3-45-27-15-11-24(12-16-27)32-31(34(43)41-26-7-5-4-6-8-26)21(2)40-36-42(32)35(44)30(47-36)19-23-17-28(38)33(29(39)18-23)46-20-22-9-13-25(37)14-10-22/h4-19,32H,3,20H2,1-2H3,(H,41,43)/b30-19-/t32-/m1/s1. The summed E-state index contributed by atoms with van der Waals surface area (Å²) >= 11 is 5.72. The molecule has 2 heterocycles. The van der Waals surface area contributed by atoms with Crippen LogP contribution in [0.15, 0.2) is 112 Å². The Labute approximate surface area is 301 Å². The Kier molecular flexibility index (Phi) is 10.2. The van der Waals surface area contributed by atoms with E-state index in [0.717, 1.165) is 23.8 Å². The molecule has 47 heavy (non-hydrogen) atoms. The van der Waals surface area contributed by atoms with Crippen molar-refractivity contribution < 1.29 is 18.7 Å². The molecule has 0 unspecified atom stereocenters. The molecule has 11 heteroatoms. The van der Waals surface area contributed by atoms with Gasteiger partial charge in [0.15, 0.2) is 4.80 Å². The van der Waals surface area contributed by atoms with Gasteiger partial charge in [-0.15, -0.1) is 0 Å². The summed E-state index contributed by atoms with van der Waals surface area (Å²) in [5.41, 5.74) is 3.79. The van der Waals surface area contributed by atoms with Gasteiger partial charge in [0.1, 0.15) is 23.9 Å². The summed E-state index contributed by atoms with van der Waals surface area (Å²) < 4.78 is 28.9. The van der Waals surface area contributed by atoms with E-state index in [-0.39, 0.29) is 17.3 Å². The summed E-state index contributed by atoms with van der Waals surface area (Å²) in [4.78, 5) is 33.2. The van der Waals surface area contributed by atoms with E-state index in [1.165, 1.54) is 23.5 Å². The van der Waals surface area contributed by atoms with E-state index in [9.17, 15) is 14.0 Å². The number of ether oxygens (including phenoxy) is 2. The van der Waals surface area contributed by atoms with Crippen molar-refractivity contribution >= 4 is 74.2 Å². The molecule has 0 radical (unpaired) electrons. The highest BCUT2D eigenvalue weighted by molar-refractivity contribution is 14.1. The quantitative estimate of drug-likeness (QED) is 0.159. The average Bonchev–Trinajstić information content (AvgIpc) is 3.35. The van der Waals surface area contributed by atoms with Crippen molar-refractivity contribution in [2.45, 2.75) is 26.5 Å². The third-order valence-electron chi connectivity index (χ3n) is 7.42. The monoisotopic (exact) mass is 871 g/mol. The van der Waals surface area contributed by atoms with Crippen LogP contribution in [-0.4, -0.2) is 17.1 Å². The highest BCUT2D eigenvalue weighted by Crippen LogP contribution is 2.33. The fourth-order valence-electron chi connectivity index (χ4n) is 5.25. The molecule has 5 aromatic rings. The number of thiazole rings is 1. The average molecular weight is 872 g/mol. The zero-order valence-electron chi connectivity index (χ0n) is 25.3. The summed E-state index contributed by atoms with van der Waals surface area (Å²) in [6, 6.07) is 26.1. The highest BCUT2D eigenvalue weighted by atomic mass is 127. The van der Waals surface area contributed by atoms with Crippen LogP contribution in [0.3, 0.4) is 0 Å². The molecule has 0 bridgehead atoms. The van der Waals surface area contributed by atoms with E-state index in [2.05, 4.69) is 50.5 Å². The predicted molar refractivity (Wildman–Crippen MR) is 199 cm³/mol. The number of nitrogens with one attached hydrogen (secondary N) is 1. The molecular formula is C36H28FI2N3O4S. The number of halogens is 3. The molecule has 1 N–H and O–H groups in total. The number of aromatic nitrogens is 1. The summed E-state index contributed by atoms with van der Waals surface area (Å²) in [5.74, 6) is 0.800. The molecule has 1 aromatic heterocycles. The van der Waals surface area contributed by atoms with Crippen LogP contribution in [0.5, 0.6) is 11.5 Å². The lowest BCUT2D eigenvalue weighted by molar-refractivity contribution is -0.113. The van der Waals surface area contributed by atoms with Crippen LogP contribution in [0, 0.1) is 13.0 Å². The molecule has 1 amide bonds. The number of amides is 1. The smallest absolute Gasteiger partial charge is 0.271 e.